The molecule has 0 heterocycles. The molecule has 0 amide bonds. The van der Waals surface area contributed by atoms with Crippen LogP contribution in [0, 0.1) is 0 Å². The summed E-state index contributed by atoms with van der Waals surface area (Å²) in [5.41, 5.74) is 6.19. The van der Waals surface area contributed by atoms with Crippen LogP contribution in [0.4, 0.5) is 3.89 Å². The fourth-order valence-corrected chi connectivity index (χ4v) is 1.45. The van der Waals surface area contributed by atoms with E-state index in [0.29, 0.717) is 13.0 Å². The van der Waals surface area contributed by atoms with Gasteiger partial charge in [-0.15, -0.1) is 16.3 Å². The molecule has 0 aliphatic carbocycles. The molecule has 1 rings (SSSR count). The Hall–Kier alpha value is 0.272. The third kappa shape index (κ3) is 5.79. The second-order valence-electron chi connectivity index (χ2n) is 2.62. The van der Waals surface area contributed by atoms with E-state index in [1.807, 2.05) is 0 Å². The molecule has 0 aliphatic heterocycles. The number of halogens is 2. The first-order valence-electron chi connectivity index (χ1n) is 3.77. The summed E-state index contributed by atoms with van der Waals surface area (Å²) in [5, 5.41) is 0. The summed E-state index contributed by atoms with van der Waals surface area (Å²) >= 11 is 0. The fraction of sp³-hybridized carbons (Fsp3) is 0.250. The third-order valence-corrected chi connectivity index (χ3v) is 2.47. The van der Waals surface area contributed by atoms with Crippen molar-refractivity contribution in [1.82, 2.24) is 0 Å². The average molecular weight is 449 g/mol. The van der Waals surface area contributed by atoms with Crippen LogP contribution >= 0.6 is 12.4 Å². The summed E-state index contributed by atoms with van der Waals surface area (Å²) in [4.78, 5) is -0.312. The van der Waals surface area contributed by atoms with E-state index in [1.165, 1.54) is 12.1 Å². The second-order valence-corrected chi connectivity index (χ2v) is 3.97. The van der Waals surface area contributed by atoms with Crippen LogP contribution in [0.1, 0.15) is 5.56 Å². The Kier molecular flexibility index (Phi) is 8.87. The Morgan fingerprint density at radius 3 is 2.00 bits per heavy atom. The fourth-order valence-electron chi connectivity index (χ4n) is 0.985. The van der Waals surface area contributed by atoms with E-state index >= 15 is 0 Å². The summed E-state index contributed by atoms with van der Waals surface area (Å²) < 4.78 is 33.2. The van der Waals surface area contributed by atoms with Crippen LogP contribution in [-0.4, -0.2) is 42.3 Å². The number of hydrogen-bond donors (Lipinski definition) is 1. The molecule has 7 heteroatoms. The quantitative estimate of drug-likeness (QED) is 0.536. The van der Waals surface area contributed by atoms with E-state index < -0.39 is 10.2 Å². The van der Waals surface area contributed by atoms with Gasteiger partial charge in [0.1, 0.15) is 0 Å². The number of nitrogens with two attached hydrogens (primary N) is 1. The molecule has 0 aliphatic rings. The summed E-state index contributed by atoms with van der Waals surface area (Å²) in [6, 6.07) is 5.58. The van der Waals surface area contributed by atoms with E-state index in [1.54, 1.807) is 12.1 Å². The first-order valence-corrected chi connectivity index (χ1v) is 5.16. The van der Waals surface area contributed by atoms with Gasteiger partial charge in [-0.05, 0) is 30.7 Å². The van der Waals surface area contributed by atoms with Crippen molar-refractivity contribution in [2.75, 3.05) is 6.54 Å². The first-order chi connectivity index (χ1) is 6.04. The maximum atomic E-state index is 12.4. The number of hydrogen-bond acceptors (Lipinski definition) is 3. The molecule has 0 aromatic heterocycles. The van der Waals surface area contributed by atoms with Gasteiger partial charge in [-0.1, -0.05) is 12.1 Å². The van der Waals surface area contributed by atoms with Gasteiger partial charge < -0.3 is 5.73 Å². The first kappa shape index (κ1) is 17.7. The molecule has 0 saturated carbocycles. The molecule has 3 nitrogen and oxygen atoms in total. The SMILES string of the molecule is Cl.NCCc1ccc(S(=O)(=O)F)cc1.[PbH2]. The Balaban J connectivity index is 0. The van der Waals surface area contributed by atoms with Crippen molar-refractivity contribution in [1.29, 1.82) is 0 Å². The van der Waals surface area contributed by atoms with Crippen LogP contribution in [0.5, 0.6) is 0 Å². The summed E-state index contributed by atoms with van der Waals surface area (Å²) in [7, 11) is -4.57. The number of benzene rings is 1. The van der Waals surface area contributed by atoms with Crippen LogP contribution in [0.2, 0.25) is 0 Å². The molecule has 86 valence electrons. The van der Waals surface area contributed by atoms with Crippen molar-refractivity contribution in [3.05, 3.63) is 29.8 Å². The van der Waals surface area contributed by atoms with E-state index in [-0.39, 0.29) is 44.6 Å². The van der Waals surface area contributed by atoms with Crippen LogP contribution in [0.3, 0.4) is 0 Å². The molecule has 0 bridgehead atoms. The van der Waals surface area contributed by atoms with Gasteiger partial charge in [0.15, 0.2) is 0 Å². The van der Waals surface area contributed by atoms with Crippen LogP contribution < -0.4 is 5.73 Å². The third-order valence-electron chi connectivity index (χ3n) is 1.64. The van der Waals surface area contributed by atoms with Gasteiger partial charge >= 0.3 is 37.5 Å². The standard InChI is InChI=1S/C8H10FNO2S.ClH.Pb.2H/c9-13(11,12)8-3-1-7(2-4-8)5-6-10;;;;/h1-4H,5-6,10H2;1H;;;. The van der Waals surface area contributed by atoms with Crippen molar-refractivity contribution < 1.29 is 12.3 Å². The Labute approximate surface area is 115 Å². The molecule has 0 unspecified atom stereocenters. The predicted octanol–water partition coefficient (Wildman–Crippen LogP) is 0.352. The predicted molar refractivity (Wildman–Crippen MR) is 63.3 cm³/mol. The van der Waals surface area contributed by atoms with Gasteiger partial charge in [0.2, 0.25) is 0 Å². The topological polar surface area (TPSA) is 60.2 Å². The van der Waals surface area contributed by atoms with Crippen LogP contribution in [0.25, 0.3) is 0 Å². The summed E-state index contributed by atoms with van der Waals surface area (Å²) in [6.07, 6.45) is 0.659. The van der Waals surface area contributed by atoms with E-state index in [2.05, 4.69) is 0 Å². The second kappa shape index (κ2) is 7.53. The van der Waals surface area contributed by atoms with Crippen LogP contribution in [0.15, 0.2) is 29.2 Å². The van der Waals surface area contributed by atoms with Crippen molar-refractivity contribution in [2.45, 2.75) is 11.3 Å². The van der Waals surface area contributed by atoms with Crippen molar-refractivity contribution in [3.63, 3.8) is 0 Å². The molecule has 0 spiro atoms. The average Bonchev–Trinajstić information content (AvgIpc) is 2.04. The van der Waals surface area contributed by atoms with Crippen molar-refractivity contribution in [2.24, 2.45) is 5.73 Å². The maximum absolute atomic E-state index is 12.4. The van der Waals surface area contributed by atoms with Gasteiger partial charge in [0, 0.05) is 0 Å². The summed E-state index contributed by atoms with van der Waals surface area (Å²) in [6.45, 7) is 0.488. The Morgan fingerprint density at radius 1 is 1.20 bits per heavy atom. The molecule has 2 N–H and O–H groups in total. The molecular formula is C8H13ClFNO2PbS. The Morgan fingerprint density at radius 2 is 1.67 bits per heavy atom. The van der Waals surface area contributed by atoms with E-state index in [4.69, 9.17) is 5.73 Å². The van der Waals surface area contributed by atoms with Crippen molar-refractivity contribution >= 4 is 49.9 Å². The zero-order chi connectivity index (χ0) is 9.90. The van der Waals surface area contributed by atoms with E-state index in [9.17, 15) is 12.3 Å². The monoisotopic (exact) mass is 449 g/mol. The minimum absolute atomic E-state index is 0. The summed E-state index contributed by atoms with van der Waals surface area (Å²) in [5.74, 6) is 0. The van der Waals surface area contributed by atoms with Crippen LogP contribution in [-0.2, 0) is 16.6 Å². The van der Waals surface area contributed by atoms with Gasteiger partial charge in [-0.2, -0.15) is 8.42 Å². The zero-order valence-corrected chi connectivity index (χ0v) is 15.1. The Bertz CT molecular complexity index is 382. The molecule has 0 saturated heterocycles. The molecule has 1 aromatic rings. The molecule has 2 radical (unpaired) electrons. The number of rotatable bonds is 3. The molecular weight excluding hydrogens is 436 g/mol. The van der Waals surface area contributed by atoms with Gasteiger partial charge in [-0.3, -0.25) is 0 Å². The van der Waals surface area contributed by atoms with Crippen molar-refractivity contribution in [3.8, 4) is 0 Å². The van der Waals surface area contributed by atoms with Gasteiger partial charge in [-0.25, -0.2) is 0 Å². The molecule has 0 fully saturated rings. The van der Waals surface area contributed by atoms with Gasteiger partial charge in [0.25, 0.3) is 0 Å². The van der Waals surface area contributed by atoms with Gasteiger partial charge in [0.05, 0.1) is 4.90 Å². The molecule has 15 heavy (non-hydrogen) atoms. The van der Waals surface area contributed by atoms with E-state index in [0.717, 1.165) is 5.56 Å². The molecule has 1 aromatic carbocycles. The normalized spacial score (nSPS) is 10.0. The minimum atomic E-state index is -4.57. The zero-order valence-electron chi connectivity index (χ0n) is 8.02. The molecule has 0 atom stereocenters.